The molecule has 0 bridgehead atoms. The van der Waals surface area contributed by atoms with Crippen LogP contribution in [0, 0.1) is 18.3 Å². The van der Waals surface area contributed by atoms with Crippen molar-refractivity contribution in [3.8, 4) is 6.07 Å². The first kappa shape index (κ1) is 14.9. The van der Waals surface area contributed by atoms with Gasteiger partial charge < -0.3 is 5.32 Å². The van der Waals surface area contributed by atoms with E-state index >= 15 is 0 Å². The highest BCUT2D eigenvalue weighted by Crippen LogP contribution is 2.30. The molecule has 0 aromatic heterocycles. The Kier molecular flexibility index (Phi) is 4.37. The average Bonchev–Trinajstić information content (AvgIpc) is 2.43. The van der Waals surface area contributed by atoms with Crippen molar-refractivity contribution in [2.45, 2.75) is 19.4 Å². The van der Waals surface area contributed by atoms with Gasteiger partial charge in [-0.1, -0.05) is 41.4 Å². The summed E-state index contributed by atoms with van der Waals surface area (Å²) in [6, 6.07) is 15.8. The van der Waals surface area contributed by atoms with Crippen molar-refractivity contribution >= 4 is 33.2 Å². The maximum absolute atomic E-state index is 9.56. The standard InChI is InChI=1S/C16H14BrClN2/c1-11-4-3-5-12(8-11)16(2,10-19)20-13-6-7-15(18)14(17)9-13/h3-9,20H,1-2H3. The molecule has 0 amide bonds. The molecule has 4 heteroatoms. The van der Waals surface area contributed by atoms with Crippen molar-refractivity contribution in [2.24, 2.45) is 0 Å². The summed E-state index contributed by atoms with van der Waals surface area (Å²) in [4.78, 5) is 0. The number of anilines is 1. The predicted molar refractivity (Wildman–Crippen MR) is 86.9 cm³/mol. The van der Waals surface area contributed by atoms with Crippen LogP contribution >= 0.6 is 27.5 Å². The summed E-state index contributed by atoms with van der Waals surface area (Å²) in [6.45, 7) is 3.88. The number of halogens is 2. The molecular weight excluding hydrogens is 336 g/mol. The first-order chi connectivity index (χ1) is 9.44. The number of benzene rings is 2. The first-order valence-electron chi connectivity index (χ1n) is 6.16. The van der Waals surface area contributed by atoms with E-state index in [0.717, 1.165) is 21.3 Å². The lowest BCUT2D eigenvalue weighted by Crippen LogP contribution is -2.30. The molecule has 0 saturated heterocycles. The van der Waals surface area contributed by atoms with E-state index in [4.69, 9.17) is 11.6 Å². The van der Waals surface area contributed by atoms with E-state index in [1.165, 1.54) is 0 Å². The van der Waals surface area contributed by atoms with E-state index in [9.17, 15) is 5.26 Å². The van der Waals surface area contributed by atoms with Gasteiger partial charge in [-0.2, -0.15) is 5.26 Å². The van der Waals surface area contributed by atoms with E-state index in [1.54, 1.807) is 6.07 Å². The lowest BCUT2D eigenvalue weighted by Gasteiger charge is -2.25. The molecule has 0 spiro atoms. The van der Waals surface area contributed by atoms with Crippen molar-refractivity contribution in [3.63, 3.8) is 0 Å². The van der Waals surface area contributed by atoms with Crippen LogP contribution in [0.1, 0.15) is 18.1 Å². The summed E-state index contributed by atoms with van der Waals surface area (Å²) in [5, 5.41) is 13.5. The molecule has 2 nitrogen and oxygen atoms in total. The summed E-state index contributed by atoms with van der Waals surface area (Å²) >= 11 is 9.37. The lowest BCUT2D eigenvalue weighted by atomic mass is 9.92. The zero-order valence-electron chi connectivity index (χ0n) is 11.2. The Morgan fingerprint density at radius 1 is 1.25 bits per heavy atom. The van der Waals surface area contributed by atoms with Crippen LogP contribution in [0.25, 0.3) is 0 Å². The van der Waals surface area contributed by atoms with Crippen molar-refractivity contribution in [1.29, 1.82) is 5.26 Å². The third kappa shape index (κ3) is 3.15. The molecule has 20 heavy (non-hydrogen) atoms. The zero-order valence-corrected chi connectivity index (χ0v) is 13.6. The third-order valence-electron chi connectivity index (χ3n) is 3.13. The Morgan fingerprint density at radius 3 is 2.60 bits per heavy atom. The summed E-state index contributed by atoms with van der Waals surface area (Å²) in [5.74, 6) is 0. The van der Waals surface area contributed by atoms with E-state index in [-0.39, 0.29) is 0 Å². The molecule has 2 rings (SSSR count). The van der Waals surface area contributed by atoms with Gasteiger partial charge in [0.15, 0.2) is 0 Å². The number of nitriles is 1. The van der Waals surface area contributed by atoms with Crippen LogP contribution in [0.4, 0.5) is 5.69 Å². The van der Waals surface area contributed by atoms with Crippen molar-refractivity contribution in [2.75, 3.05) is 5.32 Å². The lowest BCUT2D eigenvalue weighted by molar-refractivity contribution is 0.705. The van der Waals surface area contributed by atoms with Gasteiger partial charge >= 0.3 is 0 Å². The zero-order chi connectivity index (χ0) is 14.8. The largest absolute Gasteiger partial charge is 0.364 e. The molecule has 1 N–H and O–H groups in total. The van der Waals surface area contributed by atoms with Crippen LogP contribution in [0.15, 0.2) is 46.9 Å². The third-order valence-corrected chi connectivity index (χ3v) is 4.35. The van der Waals surface area contributed by atoms with Gasteiger partial charge in [-0.25, -0.2) is 0 Å². The molecule has 0 saturated carbocycles. The van der Waals surface area contributed by atoms with Crippen LogP contribution in [-0.4, -0.2) is 0 Å². The van der Waals surface area contributed by atoms with Crippen LogP contribution in [-0.2, 0) is 5.54 Å². The van der Waals surface area contributed by atoms with Gasteiger partial charge in [0.25, 0.3) is 0 Å². The summed E-state index contributed by atoms with van der Waals surface area (Å²) in [7, 11) is 0. The fourth-order valence-electron chi connectivity index (χ4n) is 1.98. The molecule has 0 aliphatic heterocycles. The minimum absolute atomic E-state index is 0.643. The second-order valence-electron chi connectivity index (χ2n) is 4.86. The average molecular weight is 350 g/mol. The number of hydrogen-bond acceptors (Lipinski definition) is 2. The van der Waals surface area contributed by atoms with Crippen molar-refractivity contribution in [3.05, 3.63) is 63.1 Å². The summed E-state index contributed by atoms with van der Waals surface area (Å²) in [5.41, 5.74) is 2.11. The molecule has 2 aromatic rings. The Labute approximate surface area is 132 Å². The van der Waals surface area contributed by atoms with E-state index in [0.29, 0.717) is 5.02 Å². The second kappa shape index (κ2) is 5.87. The van der Waals surface area contributed by atoms with Gasteiger partial charge in [0.1, 0.15) is 5.54 Å². The summed E-state index contributed by atoms with van der Waals surface area (Å²) < 4.78 is 0.800. The highest BCUT2D eigenvalue weighted by Gasteiger charge is 2.26. The van der Waals surface area contributed by atoms with E-state index < -0.39 is 5.54 Å². The van der Waals surface area contributed by atoms with Crippen LogP contribution in [0.2, 0.25) is 5.02 Å². The van der Waals surface area contributed by atoms with Crippen molar-refractivity contribution in [1.82, 2.24) is 0 Å². The van der Waals surface area contributed by atoms with Crippen LogP contribution in [0.5, 0.6) is 0 Å². The van der Waals surface area contributed by atoms with Crippen LogP contribution < -0.4 is 5.32 Å². The molecular formula is C16H14BrClN2. The van der Waals surface area contributed by atoms with E-state index in [1.807, 2.05) is 50.2 Å². The molecule has 2 aromatic carbocycles. The van der Waals surface area contributed by atoms with Gasteiger partial charge in [0.05, 0.1) is 11.1 Å². The predicted octanol–water partition coefficient (Wildman–Crippen LogP) is 5.26. The number of aryl methyl sites for hydroxylation is 1. The Bertz CT molecular complexity index is 678. The quantitative estimate of drug-likeness (QED) is 0.820. The molecule has 1 unspecified atom stereocenters. The van der Waals surface area contributed by atoms with Gasteiger partial charge in [-0.15, -0.1) is 0 Å². The van der Waals surface area contributed by atoms with Gasteiger partial charge in [0.2, 0.25) is 0 Å². The first-order valence-corrected chi connectivity index (χ1v) is 7.33. The monoisotopic (exact) mass is 348 g/mol. The number of nitrogens with one attached hydrogen (secondary N) is 1. The number of hydrogen-bond donors (Lipinski definition) is 1. The second-order valence-corrected chi connectivity index (χ2v) is 6.12. The van der Waals surface area contributed by atoms with Crippen LogP contribution in [0.3, 0.4) is 0 Å². The van der Waals surface area contributed by atoms with Gasteiger partial charge in [-0.3, -0.25) is 0 Å². The molecule has 1 atom stereocenters. The normalized spacial score (nSPS) is 13.3. The number of nitrogens with zero attached hydrogens (tertiary/aromatic N) is 1. The fraction of sp³-hybridized carbons (Fsp3) is 0.188. The maximum Gasteiger partial charge on any atom is 0.148 e. The topological polar surface area (TPSA) is 35.8 Å². The fourth-order valence-corrected chi connectivity index (χ4v) is 2.48. The highest BCUT2D eigenvalue weighted by molar-refractivity contribution is 9.10. The molecule has 0 radical (unpaired) electrons. The minimum atomic E-state index is -0.792. The molecule has 0 heterocycles. The van der Waals surface area contributed by atoms with Gasteiger partial charge in [0, 0.05) is 10.2 Å². The van der Waals surface area contributed by atoms with Gasteiger partial charge in [-0.05, 0) is 53.5 Å². The van der Waals surface area contributed by atoms with E-state index in [2.05, 4.69) is 27.3 Å². The minimum Gasteiger partial charge on any atom is -0.364 e. The summed E-state index contributed by atoms with van der Waals surface area (Å²) in [6.07, 6.45) is 0. The SMILES string of the molecule is Cc1cccc(C(C)(C#N)Nc2ccc(Cl)c(Br)c2)c1. The molecule has 0 fully saturated rings. The molecule has 102 valence electrons. The Morgan fingerprint density at radius 2 is 2.00 bits per heavy atom. The Balaban J connectivity index is 2.37. The molecule has 0 aliphatic rings. The van der Waals surface area contributed by atoms with Crippen molar-refractivity contribution < 1.29 is 0 Å². The maximum atomic E-state index is 9.56. The molecule has 0 aliphatic carbocycles. The highest BCUT2D eigenvalue weighted by atomic mass is 79.9. The Hall–Kier alpha value is -1.50. The number of rotatable bonds is 3. The smallest absolute Gasteiger partial charge is 0.148 e.